The van der Waals surface area contributed by atoms with Crippen molar-refractivity contribution in [1.29, 1.82) is 0 Å². The van der Waals surface area contributed by atoms with E-state index in [1.165, 1.54) is 29.7 Å². The van der Waals surface area contributed by atoms with Crippen molar-refractivity contribution < 1.29 is 14.3 Å². The maximum Gasteiger partial charge on any atom is 0.359 e. The van der Waals surface area contributed by atoms with Gasteiger partial charge in [-0.3, -0.25) is 9.78 Å². The van der Waals surface area contributed by atoms with Gasteiger partial charge in [0.1, 0.15) is 0 Å². The van der Waals surface area contributed by atoms with Crippen LogP contribution in [0.3, 0.4) is 0 Å². The number of ether oxygens (including phenoxy) is 1. The summed E-state index contributed by atoms with van der Waals surface area (Å²) in [5, 5.41) is 2.71. The third-order valence-corrected chi connectivity index (χ3v) is 3.08. The maximum absolute atomic E-state index is 11.6. The minimum absolute atomic E-state index is 0.0789. The molecule has 2 aromatic rings. The van der Waals surface area contributed by atoms with Crippen LogP contribution < -0.4 is 5.32 Å². The number of nitrogens with one attached hydrogen (secondary N) is 1. The molecule has 0 bridgehead atoms. The molecule has 1 aromatic carbocycles. The number of carbonyl (C=O) groups excluding carboxylic acids is 2. The molecule has 0 fully saturated rings. The Balaban J connectivity index is 1.70. The zero-order valence-electron chi connectivity index (χ0n) is 12.3. The average molecular weight is 299 g/mol. The molecule has 6 nitrogen and oxygen atoms in total. The van der Waals surface area contributed by atoms with Crippen molar-refractivity contribution in [3.05, 3.63) is 59.7 Å². The first kappa shape index (κ1) is 15.6. The first-order chi connectivity index (χ1) is 10.7. The molecule has 0 aliphatic rings. The van der Waals surface area contributed by atoms with Gasteiger partial charge in [-0.1, -0.05) is 24.3 Å². The Morgan fingerprint density at radius 3 is 2.77 bits per heavy atom. The molecule has 1 heterocycles. The lowest BCUT2D eigenvalue weighted by molar-refractivity contribution is -0.124. The van der Waals surface area contributed by atoms with E-state index in [0.29, 0.717) is 6.54 Å². The van der Waals surface area contributed by atoms with E-state index >= 15 is 0 Å². The lowest BCUT2D eigenvalue weighted by Crippen LogP contribution is -2.30. The Morgan fingerprint density at radius 2 is 2.05 bits per heavy atom. The SMILES string of the molecule is Cc1ccccc1CCNC(=O)COC(=O)c1cnccn1. The second-order valence-corrected chi connectivity index (χ2v) is 4.69. The second kappa shape index (κ2) is 7.87. The van der Waals surface area contributed by atoms with Crippen LogP contribution in [0.15, 0.2) is 42.9 Å². The zero-order chi connectivity index (χ0) is 15.8. The van der Waals surface area contributed by atoms with Gasteiger partial charge in [0.25, 0.3) is 5.91 Å². The molecule has 22 heavy (non-hydrogen) atoms. The molecule has 2 rings (SSSR count). The van der Waals surface area contributed by atoms with E-state index in [-0.39, 0.29) is 18.2 Å². The molecule has 0 aliphatic carbocycles. The molecular formula is C16H17N3O3. The standard InChI is InChI=1S/C16H17N3O3/c1-12-4-2-3-5-13(12)6-7-19-15(20)11-22-16(21)14-10-17-8-9-18-14/h2-5,8-10H,6-7,11H2,1H3,(H,19,20). The summed E-state index contributed by atoms with van der Waals surface area (Å²) in [5.74, 6) is -1.01. The van der Waals surface area contributed by atoms with Gasteiger partial charge in [0.2, 0.25) is 0 Å². The van der Waals surface area contributed by atoms with E-state index < -0.39 is 5.97 Å². The summed E-state index contributed by atoms with van der Waals surface area (Å²) in [6, 6.07) is 7.99. The monoisotopic (exact) mass is 299 g/mol. The quantitative estimate of drug-likeness (QED) is 0.813. The number of aromatic nitrogens is 2. The van der Waals surface area contributed by atoms with Crippen LogP contribution in [0.2, 0.25) is 0 Å². The van der Waals surface area contributed by atoms with Crippen LogP contribution in [0.1, 0.15) is 21.6 Å². The predicted molar refractivity (Wildman–Crippen MR) is 80.2 cm³/mol. The van der Waals surface area contributed by atoms with Gasteiger partial charge in [0.15, 0.2) is 12.3 Å². The summed E-state index contributed by atoms with van der Waals surface area (Å²) in [6.45, 7) is 2.19. The van der Waals surface area contributed by atoms with E-state index in [1.807, 2.05) is 31.2 Å². The zero-order valence-corrected chi connectivity index (χ0v) is 12.3. The molecule has 0 saturated heterocycles. The van der Waals surface area contributed by atoms with Crippen LogP contribution in [0.4, 0.5) is 0 Å². The minimum Gasteiger partial charge on any atom is -0.451 e. The third-order valence-electron chi connectivity index (χ3n) is 3.08. The normalized spacial score (nSPS) is 10.0. The van der Waals surface area contributed by atoms with E-state index in [0.717, 1.165) is 6.42 Å². The highest BCUT2D eigenvalue weighted by Crippen LogP contribution is 2.06. The average Bonchev–Trinajstić information content (AvgIpc) is 2.55. The second-order valence-electron chi connectivity index (χ2n) is 4.69. The summed E-state index contributed by atoms with van der Waals surface area (Å²) < 4.78 is 4.86. The van der Waals surface area contributed by atoms with Crippen molar-refractivity contribution in [2.75, 3.05) is 13.2 Å². The first-order valence-electron chi connectivity index (χ1n) is 6.91. The number of esters is 1. The number of amides is 1. The fourth-order valence-corrected chi connectivity index (χ4v) is 1.89. The maximum atomic E-state index is 11.6. The van der Waals surface area contributed by atoms with Crippen LogP contribution >= 0.6 is 0 Å². The van der Waals surface area contributed by atoms with Gasteiger partial charge in [0.05, 0.1) is 6.20 Å². The number of rotatable bonds is 6. The summed E-state index contributed by atoms with van der Waals surface area (Å²) in [4.78, 5) is 30.8. The highest BCUT2D eigenvalue weighted by atomic mass is 16.5. The van der Waals surface area contributed by atoms with Gasteiger partial charge in [-0.15, -0.1) is 0 Å². The summed E-state index contributed by atoms with van der Waals surface area (Å²) in [7, 11) is 0. The molecule has 1 N–H and O–H groups in total. The summed E-state index contributed by atoms with van der Waals surface area (Å²) in [6.07, 6.45) is 4.86. The fourth-order valence-electron chi connectivity index (χ4n) is 1.89. The fraction of sp³-hybridized carbons (Fsp3) is 0.250. The van der Waals surface area contributed by atoms with Crippen molar-refractivity contribution in [1.82, 2.24) is 15.3 Å². The van der Waals surface area contributed by atoms with Crippen LogP contribution in [0, 0.1) is 6.92 Å². The topological polar surface area (TPSA) is 81.2 Å². The Kier molecular flexibility index (Phi) is 5.59. The van der Waals surface area contributed by atoms with Crippen LogP contribution in [-0.4, -0.2) is 35.0 Å². The van der Waals surface area contributed by atoms with Crippen molar-refractivity contribution in [2.24, 2.45) is 0 Å². The molecule has 0 saturated carbocycles. The van der Waals surface area contributed by atoms with Crippen LogP contribution in [0.5, 0.6) is 0 Å². The molecular weight excluding hydrogens is 282 g/mol. The highest BCUT2D eigenvalue weighted by molar-refractivity contribution is 5.89. The molecule has 1 aromatic heterocycles. The van der Waals surface area contributed by atoms with Crippen molar-refractivity contribution in [3.8, 4) is 0 Å². The summed E-state index contributed by atoms with van der Waals surface area (Å²) >= 11 is 0. The Hall–Kier alpha value is -2.76. The number of aryl methyl sites for hydroxylation is 1. The van der Waals surface area contributed by atoms with Gasteiger partial charge in [-0.25, -0.2) is 9.78 Å². The smallest absolute Gasteiger partial charge is 0.359 e. The van der Waals surface area contributed by atoms with E-state index in [2.05, 4.69) is 15.3 Å². The third kappa shape index (κ3) is 4.66. The van der Waals surface area contributed by atoms with E-state index in [9.17, 15) is 9.59 Å². The van der Waals surface area contributed by atoms with Gasteiger partial charge in [-0.05, 0) is 24.5 Å². The largest absolute Gasteiger partial charge is 0.451 e. The Morgan fingerprint density at radius 1 is 1.23 bits per heavy atom. The molecule has 0 spiro atoms. The number of hydrogen-bond acceptors (Lipinski definition) is 5. The molecule has 0 aliphatic heterocycles. The molecule has 0 unspecified atom stereocenters. The molecule has 1 amide bonds. The van der Waals surface area contributed by atoms with Crippen molar-refractivity contribution in [2.45, 2.75) is 13.3 Å². The molecule has 0 atom stereocenters. The lowest BCUT2D eigenvalue weighted by atomic mass is 10.1. The molecule has 0 radical (unpaired) electrons. The minimum atomic E-state index is -0.665. The Labute approximate surface area is 128 Å². The molecule has 6 heteroatoms. The number of hydrogen-bond donors (Lipinski definition) is 1. The highest BCUT2D eigenvalue weighted by Gasteiger charge is 2.11. The number of nitrogens with zero attached hydrogens (tertiary/aromatic N) is 2. The summed E-state index contributed by atoms with van der Waals surface area (Å²) in [5.41, 5.74) is 2.44. The van der Waals surface area contributed by atoms with Gasteiger partial charge in [0, 0.05) is 18.9 Å². The van der Waals surface area contributed by atoms with Crippen molar-refractivity contribution in [3.63, 3.8) is 0 Å². The Bertz CT molecular complexity index is 644. The lowest BCUT2D eigenvalue weighted by Gasteiger charge is -2.08. The predicted octanol–water partition coefficient (Wildman–Crippen LogP) is 1.30. The van der Waals surface area contributed by atoms with Gasteiger partial charge < -0.3 is 10.1 Å². The van der Waals surface area contributed by atoms with E-state index in [1.54, 1.807) is 0 Å². The van der Waals surface area contributed by atoms with Crippen LogP contribution in [0.25, 0.3) is 0 Å². The van der Waals surface area contributed by atoms with Crippen molar-refractivity contribution >= 4 is 11.9 Å². The van der Waals surface area contributed by atoms with E-state index in [4.69, 9.17) is 4.74 Å². The van der Waals surface area contributed by atoms with Crippen LogP contribution in [-0.2, 0) is 16.0 Å². The first-order valence-corrected chi connectivity index (χ1v) is 6.91. The van der Waals surface area contributed by atoms with Gasteiger partial charge in [-0.2, -0.15) is 0 Å². The molecule has 114 valence electrons. The number of benzene rings is 1. The van der Waals surface area contributed by atoms with Gasteiger partial charge >= 0.3 is 5.97 Å². The number of carbonyl (C=O) groups is 2.